The molecule has 19 heavy (non-hydrogen) atoms. The van der Waals surface area contributed by atoms with Gasteiger partial charge in [0.15, 0.2) is 0 Å². The average molecular weight is 260 g/mol. The van der Waals surface area contributed by atoms with E-state index >= 15 is 0 Å². The van der Waals surface area contributed by atoms with Gasteiger partial charge in [-0.15, -0.1) is 0 Å². The fourth-order valence-corrected chi connectivity index (χ4v) is 3.06. The Hall–Kier alpha value is -0.860. The minimum absolute atomic E-state index is 0.455. The predicted molar refractivity (Wildman–Crippen MR) is 82.5 cm³/mol. The Balaban J connectivity index is 1.98. The van der Waals surface area contributed by atoms with Gasteiger partial charge >= 0.3 is 0 Å². The molecular formula is C17H28N2. The van der Waals surface area contributed by atoms with Crippen LogP contribution in [0.2, 0.25) is 0 Å². The number of rotatable bonds is 5. The Bertz CT molecular complexity index is 371. The molecule has 1 saturated heterocycles. The zero-order valence-corrected chi connectivity index (χ0v) is 12.7. The standard InChI is InChI=1S/C17H28N2/c1-4-15-7-9-16(10-8-15)17(18-3)13-19-11-5-6-14(2)12-19/h7-10,14,17-18H,4-6,11-13H2,1-3H3. The second-order valence-electron chi connectivity index (χ2n) is 5.94. The van der Waals surface area contributed by atoms with Gasteiger partial charge in [-0.2, -0.15) is 0 Å². The molecule has 0 aromatic heterocycles. The van der Waals surface area contributed by atoms with Crippen molar-refractivity contribution in [1.82, 2.24) is 10.2 Å². The minimum atomic E-state index is 0.455. The molecule has 1 aromatic carbocycles. The molecule has 0 aliphatic carbocycles. The summed E-state index contributed by atoms with van der Waals surface area (Å²) in [4.78, 5) is 2.61. The van der Waals surface area contributed by atoms with Gasteiger partial charge in [0.25, 0.3) is 0 Å². The molecule has 2 atom stereocenters. The second-order valence-corrected chi connectivity index (χ2v) is 5.94. The first-order chi connectivity index (χ1) is 9.22. The first kappa shape index (κ1) is 14.5. The fraction of sp³-hybridized carbons (Fsp3) is 0.647. The molecule has 106 valence electrons. The van der Waals surface area contributed by atoms with Crippen LogP contribution in [-0.4, -0.2) is 31.6 Å². The van der Waals surface area contributed by atoms with E-state index in [9.17, 15) is 0 Å². The van der Waals surface area contributed by atoms with E-state index in [2.05, 4.69) is 55.4 Å². The molecule has 1 N–H and O–H groups in total. The zero-order chi connectivity index (χ0) is 13.7. The van der Waals surface area contributed by atoms with Crippen LogP contribution in [0, 0.1) is 5.92 Å². The van der Waals surface area contributed by atoms with Gasteiger partial charge in [-0.1, -0.05) is 38.1 Å². The summed E-state index contributed by atoms with van der Waals surface area (Å²) in [5.41, 5.74) is 2.84. The van der Waals surface area contributed by atoms with Crippen molar-refractivity contribution in [3.05, 3.63) is 35.4 Å². The maximum absolute atomic E-state index is 3.48. The van der Waals surface area contributed by atoms with E-state index in [1.807, 2.05) is 0 Å². The average Bonchev–Trinajstić information content (AvgIpc) is 2.45. The smallest absolute Gasteiger partial charge is 0.0446 e. The summed E-state index contributed by atoms with van der Waals surface area (Å²) in [6.07, 6.45) is 3.87. The van der Waals surface area contributed by atoms with Crippen molar-refractivity contribution >= 4 is 0 Å². The van der Waals surface area contributed by atoms with Crippen LogP contribution < -0.4 is 5.32 Å². The van der Waals surface area contributed by atoms with Gasteiger partial charge in [0, 0.05) is 19.1 Å². The highest BCUT2D eigenvalue weighted by Gasteiger charge is 2.19. The van der Waals surface area contributed by atoms with E-state index in [-0.39, 0.29) is 0 Å². The van der Waals surface area contributed by atoms with E-state index in [1.54, 1.807) is 0 Å². The Morgan fingerprint density at radius 3 is 2.63 bits per heavy atom. The highest BCUT2D eigenvalue weighted by molar-refractivity contribution is 5.25. The number of piperidine rings is 1. The summed E-state index contributed by atoms with van der Waals surface area (Å²) < 4.78 is 0. The van der Waals surface area contributed by atoms with Crippen molar-refractivity contribution in [1.29, 1.82) is 0 Å². The SMILES string of the molecule is CCc1ccc(C(CN2CCCC(C)C2)NC)cc1. The molecule has 2 rings (SSSR count). The Kier molecular flexibility index (Phi) is 5.41. The molecule has 1 fully saturated rings. The predicted octanol–water partition coefficient (Wildman–Crippen LogP) is 3.24. The van der Waals surface area contributed by atoms with Crippen LogP contribution in [0.3, 0.4) is 0 Å². The van der Waals surface area contributed by atoms with E-state index in [1.165, 1.54) is 37.1 Å². The van der Waals surface area contributed by atoms with Crippen LogP contribution >= 0.6 is 0 Å². The second kappa shape index (κ2) is 7.06. The zero-order valence-electron chi connectivity index (χ0n) is 12.7. The van der Waals surface area contributed by atoms with Gasteiger partial charge in [-0.25, -0.2) is 0 Å². The Labute approximate surface area is 118 Å². The summed E-state index contributed by atoms with van der Waals surface area (Å²) in [6.45, 7) is 8.23. The van der Waals surface area contributed by atoms with Gasteiger partial charge in [0.05, 0.1) is 0 Å². The van der Waals surface area contributed by atoms with Gasteiger partial charge in [0.2, 0.25) is 0 Å². The molecule has 0 amide bonds. The molecule has 1 aromatic rings. The monoisotopic (exact) mass is 260 g/mol. The number of aryl methyl sites for hydroxylation is 1. The first-order valence-corrected chi connectivity index (χ1v) is 7.71. The van der Waals surface area contributed by atoms with Crippen LogP contribution in [-0.2, 0) is 6.42 Å². The molecule has 2 nitrogen and oxygen atoms in total. The molecule has 1 heterocycles. The topological polar surface area (TPSA) is 15.3 Å². The number of likely N-dealkylation sites (N-methyl/N-ethyl adjacent to an activating group) is 1. The normalized spacial score (nSPS) is 22.4. The van der Waals surface area contributed by atoms with Gasteiger partial charge in [0.1, 0.15) is 0 Å². The van der Waals surface area contributed by atoms with Crippen molar-refractivity contribution in [2.75, 3.05) is 26.7 Å². The molecule has 1 aliphatic heterocycles. The van der Waals surface area contributed by atoms with Crippen molar-refractivity contribution < 1.29 is 0 Å². The van der Waals surface area contributed by atoms with Gasteiger partial charge in [-0.05, 0) is 49.9 Å². The van der Waals surface area contributed by atoms with E-state index in [4.69, 9.17) is 0 Å². The van der Waals surface area contributed by atoms with Crippen LogP contribution in [0.5, 0.6) is 0 Å². The molecule has 0 saturated carbocycles. The largest absolute Gasteiger partial charge is 0.312 e. The fourth-order valence-electron chi connectivity index (χ4n) is 3.06. The number of likely N-dealkylation sites (tertiary alicyclic amines) is 1. The number of nitrogens with zero attached hydrogens (tertiary/aromatic N) is 1. The lowest BCUT2D eigenvalue weighted by atomic mass is 9.98. The molecule has 2 unspecified atom stereocenters. The summed E-state index contributed by atoms with van der Waals surface area (Å²) in [7, 11) is 2.08. The van der Waals surface area contributed by atoms with Crippen LogP contribution in [0.1, 0.15) is 43.9 Å². The molecule has 0 spiro atoms. The van der Waals surface area contributed by atoms with Crippen molar-refractivity contribution in [2.45, 2.75) is 39.2 Å². The number of hydrogen-bond acceptors (Lipinski definition) is 2. The van der Waals surface area contributed by atoms with Crippen LogP contribution in [0.4, 0.5) is 0 Å². The molecule has 2 heteroatoms. The maximum Gasteiger partial charge on any atom is 0.0446 e. The third kappa shape index (κ3) is 4.05. The summed E-state index contributed by atoms with van der Waals surface area (Å²) in [5, 5.41) is 3.48. The van der Waals surface area contributed by atoms with E-state index in [0.29, 0.717) is 6.04 Å². The van der Waals surface area contributed by atoms with Gasteiger partial charge in [-0.3, -0.25) is 0 Å². The minimum Gasteiger partial charge on any atom is -0.312 e. The summed E-state index contributed by atoms with van der Waals surface area (Å²) in [5.74, 6) is 0.855. The number of hydrogen-bond donors (Lipinski definition) is 1. The Morgan fingerprint density at radius 2 is 2.05 bits per heavy atom. The summed E-state index contributed by atoms with van der Waals surface area (Å²) >= 11 is 0. The van der Waals surface area contributed by atoms with E-state index in [0.717, 1.165) is 18.9 Å². The van der Waals surface area contributed by atoms with Crippen LogP contribution in [0.25, 0.3) is 0 Å². The molecule has 0 bridgehead atoms. The number of benzene rings is 1. The quantitative estimate of drug-likeness (QED) is 0.874. The third-order valence-corrected chi connectivity index (χ3v) is 4.32. The molecule has 1 aliphatic rings. The lowest BCUT2D eigenvalue weighted by molar-refractivity contribution is 0.169. The summed E-state index contributed by atoms with van der Waals surface area (Å²) in [6, 6.07) is 9.55. The molecule has 0 radical (unpaired) electrons. The van der Waals surface area contributed by atoms with Crippen molar-refractivity contribution in [3.63, 3.8) is 0 Å². The lowest BCUT2D eigenvalue weighted by Gasteiger charge is -2.33. The lowest BCUT2D eigenvalue weighted by Crippen LogP contribution is -2.39. The Morgan fingerprint density at radius 1 is 1.32 bits per heavy atom. The van der Waals surface area contributed by atoms with E-state index < -0.39 is 0 Å². The highest BCUT2D eigenvalue weighted by Crippen LogP contribution is 2.20. The number of nitrogens with one attached hydrogen (secondary N) is 1. The maximum atomic E-state index is 3.48. The van der Waals surface area contributed by atoms with Crippen molar-refractivity contribution in [3.8, 4) is 0 Å². The third-order valence-electron chi connectivity index (χ3n) is 4.32. The van der Waals surface area contributed by atoms with Crippen molar-refractivity contribution in [2.24, 2.45) is 5.92 Å². The highest BCUT2D eigenvalue weighted by atomic mass is 15.2. The van der Waals surface area contributed by atoms with Gasteiger partial charge < -0.3 is 10.2 Å². The van der Waals surface area contributed by atoms with Crippen LogP contribution in [0.15, 0.2) is 24.3 Å². The first-order valence-electron chi connectivity index (χ1n) is 7.71. The molecular weight excluding hydrogens is 232 g/mol.